The molecule has 1 aromatic rings. The summed E-state index contributed by atoms with van der Waals surface area (Å²) < 4.78 is 0. The summed E-state index contributed by atoms with van der Waals surface area (Å²) in [6.07, 6.45) is -0.0538. The number of benzene rings is 1. The molecule has 0 aromatic heterocycles. The van der Waals surface area contributed by atoms with Crippen LogP contribution in [0.1, 0.15) is 12.5 Å². The molecular weight excluding hydrogens is 226 g/mol. The SMILES string of the molecule is CC1N=C(NCc2ccccc2)NC(N(C)C)=N1. The Morgan fingerprint density at radius 3 is 2.61 bits per heavy atom. The molecule has 18 heavy (non-hydrogen) atoms. The highest BCUT2D eigenvalue weighted by atomic mass is 15.4. The first kappa shape index (κ1) is 12.4. The maximum absolute atomic E-state index is 4.41. The van der Waals surface area contributed by atoms with Crippen LogP contribution >= 0.6 is 0 Å². The van der Waals surface area contributed by atoms with Crippen LogP contribution in [0.15, 0.2) is 40.3 Å². The minimum Gasteiger partial charge on any atom is -0.352 e. The summed E-state index contributed by atoms with van der Waals surface area (Å²) in [6, 6.07) is 10.2. The van der Waals surface area contributed by atoms with Crippen molar-refractivity contribution in [3.8, 4) is 0 Å². The van der Waals surface area contributed by atoms with Gasteiger partial charge in [0.25, 0.3) is 0 Å². The normalized spacial score (nSPS) is 18.5. The second kappa shape index (κ2) is 5.53. The second-order valence-electron chi connectivity index (χ2n) is 4.42. The maximum atomic E-state index is 4.41. The van der Waals surface area contributed by atoms with E-state index in [-0.39, 0.29) is 6.17 Å². The fraction of sp³-hybridized carbons (Fsp3) is 0.385. The van der Waals surface area contributed by atoms with Gasteiger partial charge in [0.2, 0.25) is 11.9 Å². The van der Waals surface area contributed by atoms with Crippen LogP contribution in [0, 0.1) is 0 Å². The first-order valence-electron chi connectivity index (χ1n) is 6.03. The van der Waals surface area contributed by atoms with Gasteiger partial charge < -0.3 is 10.2 Å². The van der Waals surface area contributed by atoms with Crippen molar-refractivity contribution in [1.82, 2.24) is 15.5 Å². The Morgan fingerprint density at radius 1 is 1.22 bits per heavy atom. The van der Waals surface area contributed by atoms with Gasteiger partial charge >= 0.3 is 0 Å². The molecule has 0 radical (unpaired) electrons. The van der Waals surface area contributed by atoms with Crippen molar-refractivity contribution in [2.75, 3.05) is 14.1 Å². The Hall–Kier alpha value is -2.04. The summed E-state index contributed by atoms with van der Waals surface area (Å²) in [7, 11) is 3.91. The number of aliphatic imine (C=N–C) groups is 2. The van der Waals surface area contributed by atoms with E-state index >= 15 is 0 Å². The van der Waals surface area contributed by atoms with Gasteiger partial charge in [0.05, 0.1) is 0 Å². The van der Waals surface area contributed by atoms with Crippen molar-refractivity contribution in [3.05, 3.63) is 35.9 Å². The van der Waals surface area contributed by atoms with Crippen LogP contribution < -0.4 is 10.6 Å². The second-order valence-corrected chi connectivity index (χ2v) is 4.42. The molecular formula is C13H19N5. The van der Waals surface area contributed by atoms with Crippen LogP contribution in [-0.4, -0.2) is 37.1 Å². The third-order valence-electron chi connectivity index (χ3n) is 2.58. The quantitative estimate of drug-likeness (QED) is 0.817. The van der Waals surface area contributed by atoms with Crippen LogP contribution in [-0.2, 0) is 6.54 Å². The van der Waals surface area contributed by atoms with E-state index in [1.54, 1.807) is 0 Å². The van der Waals surface area contributed by atoms with E-state index in [1.165, 1.54) is 5.56 Å². The lowest BCUT2D eigenvalue weighted by Crippen LogP contribution is -2.49. The highest BCUT2D eigenvalue weighted by Gasteiger charge is 2.13. The van der Waals surface area contributed by atoms with E-state index in [1.807, 2.05) is 44.1 Å². The van der Waals surface area contributed by atoms with E-state index in [9.17, 15) is 0 Å². The molecule has 2 rings (SSSR count). The molecule has 1 aliphatic heterocycles. The van der Waals surface area contributed by atoms with Crippen LogP contribution in [0.3, 0.4) is 0 Å². The molecule has 1 aliphatic rings. The van der Waals surface area contributed by atoms with Crippen molar-refractivity contribution < 1.29 is 0 Å². The molecule has 5 heteroatoms. The minimum absolute atomic E-state index is 0.0538. The fourth-order valence-corrected chi connectivity index (χ4v) is 1.66. The molecule has 0 bridgehead atoms. The van der Waals surface area contributed by atoms with Crippen molar-refractivity contribution in [2.24, 2.45) is 9.98 Å². The van der Waals surface area contributed by atoms with Crippen LogP contribution in [0.5, 0.6) is 0 Å². The molecule has 5 nitrogen and oxygen atoms in total. The van der Waals surface area contributed by atoms with Gasteiger partial charge in [-0.3, -0.25) is 5.32 Å². The molecule has 1 unspecified atom stereocenters. The van der Waals surface area contributed by atoms with Crippen molar-refractivity contribution in [2.45, 2.75) is 19.6 Å². The first-order valence-corrected chi connectivity index (χ1v) is 6.03. The average molecular weight is 245 g/mol. The molecule has 1 heterocycles. The van der Waals surface area contributed by atoms with Crippen LogP contribution in [0.25, 0.3) is 0 Å². The van der Waals surface area contributed by atoms with E-state index in [0.717, 1.165) is 18.5 Å². The number of nitrogens with one attached hydrogen (secondary N) is 2. The minimum atomic E-state index is -0.0538. The Kier molecular flexibility index (Phi) is 3.82. The fourth-order valence-electron chi connectivity index (χ4n) is 1.66. The predicted octanol–water partition coefficient (Wildman–Crippen LogP) is 0.999. The van der Waals surface area contributed by atoms with Gasteiger partial charge in [-0.15, -0.1) is 0 Å². The molecule has 1 aromatic carbocycles. The predicted molar refractivity (Wildman–Crippen MR) is 74.4 cm³/mol. The summed E-state index contributed by atoms with van der Waals surface area (Å²) in [6.45, 7) is 2.72. The monoisotopic (exact) mass is 245 g/mol. The van der Waals surface area contributed by atoms with E-state index in [2.05, 4.69) is 32.8 Å². The van der Waals surface area contributed by atoms with Crippen molar-refractivity contribution in [3.63, 3.8) is 0 Å². The van der Waals surface area contributed by atoms with E-state index < -0.39 is 0 Å². The number of rotatable bonds is 2. The highest BCUT2D eigenvalue weighted by Crippen LogP contribution is 2.01. The number of hydrogen-bond acceptors (Lipinski definition) is 5. The smallest absolute Gasteiger partial charge is 0.202 e. The molecule has 0 saturated carbocycles. The van der Waals surface area contributed by atoms with Gasteiger partial charge in [0, 0.05) is 20.6 Å². The van der Waals surface area contributed by atoms with Crippen LogP contribution in [0.2, 0.25) is 0 Å². The third kappa shape index (κ3) is 3.23. The Morgan fingerprint density at radius 2 is 1.94 bits per heavy atom. The number of nitrogens with zero attached hydrogens (tertiary/aromatic N) is 3. The molecule has 0 spiro atoms. The number of guanidine groups is 2. The van der Waals surface area contributed by atoms with Gasteiger partial charge in [-0.2, -0.15) is 0 Å². The Balaban J connectivity index is 1.95. The Bertz CT molecular complexity index is 450. The molecule has 0 fully saturated rings. The first-order chi connectivity index (χ1) is 8.65. The maximum Gasteiger partial charge on any atom is 0.202 e. The third-order valence-corrected chi connectivity index (χ3v) is 2.58. The topological polar surface area (TPSA) is 52.0 Å². The van der Waals surface area contributed by atoms with Crippen LogP contribution in [0.4, 0.5) is 0 Å². The molecule has 2 N–H and O–H groups in total. The van der Waals surface area contributed by atoms with Gasteiger partial charge in [0.1, 0.15) is 6.17 Å². The summed E-state index contributed by atoms with van der Waals surface area (Å²) in [5.41, 5.74) is 1.23. The van der Waals surface area contributed by atoms with Gasteiger partial charge in [-0.25, -0.2) is 9.98 Å². The molecule has 96 valence electrons. The zero-order chi connectivity index (χ0) is 13.0. The standard InChI is InChI=1S/C13H19N5/c1-10-15-12(17-13(16-10)18(2)3)14-9-11-7-5-4-6-8-11/h4-8,10H,9H2,1-3H3,(H2,14,15,16,17). The molecule has 0 aliphatic carbocycles. The summed E-state index contributed by atoms with van der Waals surface area (Å²) in [4.78, 5) is 10.7. The molecule has 0 saturated heterocycles. The lowest BCUT2D eigenvalue weighted by Gasteiger charge is -2.24. The van der Waals surface area contributed by atoms with Gasteiger partial charge in [0.15, 0.2) is 0 Å². The zero-order valence-corrected chi connectivity index (χ0v) is 11.0. The lowest BCUT2D eigenvalue weighted by molar-refractivity contribution is 0.577. The average Bonchev–Trinajstić information content (AvgIpc) is 2.37. The summed E-state index contributed by atoms with van der Waals surface area (Å²) in [5, 5.41) is 6.45. The van der Waals surface area contributed by atoms with Gasteiger partial charge in [-0.1, -0.05) is 30.3 Å². The van der Waals surface area contributed by atoms with E-state index in [0.29, 0.717) is 0 Å². The van der Waals surface area contributed by atoms with Crippen molar-refractivity contribution in [1.29, 1.82) is 0 Å². The largest absolute Gasteiger partial charge is 0.352 e. The zero-order valence-electron chi connectivity index (χ0n) is 11.0. The highest BCUT2D eigenvalue weighted by molar-refractivity contribution is 5.99. The summed E-state index contributed by atoms with van der Waals surface area (Å²) in [5.74, 6) is 1.60. The molecule has 1 atom stereocenters. The number of hydrogen-bond donors (Lipinski definition) is 2. The van der Waals surface area contributed by atoms with Crippen molar-refractivity contribution >= 4 is 11.9 Å². The Labute approximate surface area is 108 Å². The molecule has 0 amide bonds. The van der Waals surface area contributed by atoms with E-state index in [4.69, 9.17) is 0 Å². The summed E-state index contributed by atoms with van der Waals surface area (Å²) >= 11 is 0. The van der Waals surface area contributed by atoms with Gasteiger partial charge in [-0.05, 0) is 12.5 Å². The lowest BCUT2D eigenvalue weighted by atomic mass is 10.2.